The van der Waals surface area contributed by atoms with Gasteiger partial charge in [0.1, 0.15) is 7.05 Å². The molecule has 21 heavy (non-hydrogen) atoms. The molecule has 1 fully saturated rings. The number of hydrogen-bond donors (Lipinski definition) is 1. The third-order valence-corrected chi connectivity index (χ3v) is 4.55. The van der Waals surface area contributed by atoms with Gasteiger partial charge in [0.2, 0.25) is 5.79 Å². The number of nitrogens with zero attached hydrogens (tertiary/aromatic N) is 2. The molecule has 1 saturated carbocycles. The van der Waals surface area contributed by atoms with Gasteiger partial charge in [0.05, 0.1) is 12.1 Å². The smallest absolute Gasteiger partial charge is 0.280 e. The molecule has 3 unspecified atom stereocenters. The Hall–Kier alpha value is -2.04. The van der Waals surface area contributed by atoms with E-state index in [1.165, 1.54) is 10.8 Å². The van der Waals surface area contributed by atoms with Crippen LogP contribution in [0.25, 0.3) is 10.8 Å². The van der Waals surface area contributed by atoms with Gasteiger partial charge in [-0.25, -0.2) is 4.58 Å². The van der Waals surface area contributed by atoms with Crippen molar-refractivity contribution in [3.8, 4) is 0 Å². The lowest BCUT2D eigenvalue weighted by molar-refractivity contribution is -0.435. The first kappa shape index (κ1) is 12.7. The Bertz CT molecular complexity index is 796. The lowest BCUT2D eigenvalue weighted by Gasteiger charge is -2.11. The van der Waals surface area contributed by atoms with E-state index in [2.05, 4.69) is 29.3 Å². The molecular formula is C17H17N2O2+. The number of benzene rings is 2. The molecule has 0 saturated heterocycles. The Morgan fingerprint density at radius 1 is 1.29 bits per heavy atom. The minimum Gasteiger partial charge on any atom is -0.362 e. The van der Waals surface area contributed by atoms with E-state index in [9.17, 15) is 5.11 Å². The van der Waals surface area contributed by atoms with Gasteiger partial charge in [-0.3, -0.25) is 0 Å². The summed E-state index contributed by atoms with van der Waals surface area (Å²) in [4.78, 5) is 4.07. The number of hydrogen-bond acceptors (Lipinski definition) is 3. The second-order valence-electron chi connectivity index (χ2n) is 5.66. The molecule has 0 bridgehead atoms. The highest BCUT2D eigenvalue weighted by molar-refractivity contribution is 5.93. The van der Waals surface area contributed by atoms with Gasteiger partial charge in [0.25, 0.3) is 6.34 Å². The average molecular weight is 281 g/mol. The van der Waals surface area contributed by atoms with Crippen molar-refractivity contribution >= 4 is 23.3 Å². The summed E-state index contributed by atoms with van der Waals surface area (Å²) in [6, 6.07) is 12.5. The standard InChI is InChI=1S/C17H17N2O2/c1-18-10-19-9-13-7-11-5-3-4-6-12(11)8-14(13)15-16(19)17(15,20)21-2/h3-10,15-16,20H,1-2H3/q+1. The van der Waals surface area contributed by atoms with Crippen LogP contribution in [0.4, 0.5) is 0 Å². The van der Waals surface area contributed by atoms with Crippen molar-refractivity contribution in [1.29, 1.82) is 0 Å². The molecule has 0 radical (unpaired) electrons. The third-order valence-electron chi connectivity index (χ3n) is 4.55. The second-order valence-corrected chi connectivity index (χ2v) is 5.66. The fourth-order valence-corrected chi connectivity index (χ4v) is 3.50. The van der Waals surface area contributed by atoms with E-state index in [4.69, 9.17) is 4.74 Å². The van der Waals surface area contributed by atoms with E-state index in [1.54, 1.807) is 20.5 Å². The summed E-state index contributed by atoms with van der Waals surface area (Å²) in [5.41, 5.74) is 2.26. The molecule has 4 heteroatoms. The van der Waals surface area contributed by atoms with Gasteiger partial charge < -0.3 is 9.84 Å². The first-order valence-corrected chi connectivity index (χ1v) is 7.04. The van der Waals surface area contributed by atoms with Gasteiger partial charge in [-0.05, 0) is 28.5 Å². The quantitative estimate of drug-likeness (QED) is 0.394. The van der Waals surface area contributed by atoms with Crippen molar-refractivity contribution in [3.05, 3.63) is 47.5 Å². The van der Waals surface area contributed by atoms with Crippen molar-refractivity contribution in [2.24, 2.45) is 4.99 Å². The maximum absolute atomic E-state index is 10.7. The van der Waals surface area contributed by atoms with Crippen LogP contribution in [0.1, 0.15) is 17.0 Å². The van der Waals surface area contributed by atoms with Gasteiger partial charge in [-0.2, -0.15) is 0 Å². The zero-order chi connectivity index (χ0) is 14.6. The minimum atomic E-state index is -1.13. The monoisotopic (exact) mass is 281 g/mol. The summed E-state index contributed by atoms with van der Waals surface area (Å²) >= 11 is 0. The molecule has 2 aliphatic rings. The van der Waals surface area contributed by atoms with Crippen LogP contribution >= 0.6 is 0 Å². The van der Waals surface area contributed by atoms with Crippen LogP contribution in [0, 0.1) is 0 Å². The Labute approximate surface area is 123 Å². The average Bonchev–Trinajstić information content (AvgIpc) is 3.14. The topological polar surface area (TPSA) is 44.8 Å². The van der Waals surface area contributed by atoms with Crippen LogP contribution in [0.5, 0.6) is 0 Å². The molecule has 1 aliphatic carbocycles. The maximum atomic E-state index is 10.7. The van der Waals surface area contributed by atoms with Crippen LogP contribution in [0.2, 0.25) is 0 Å². The van der Waals surface area contributed by atoms with E-state index in [1.807, 2.05) is 22.9 Å². The van der Waals surface area contributed by atoms with E-state index >= 15 is 0 Å². The lowest BCUT2D eigenvalue weighted by Crippen LogP contribution is -2.26. The fourth-order valence-electron chi connectivity index (χ4n) is 3.50. The van der Waals surface area contributed by atoms with Crippen LogP contribution in [0.3, 0.4) is 0 Å². The first-order chi connectivity index (χ1) is 10.2. The van der Waals surface area contributed by atoms with Gasteiger partial charge in [-0.1, -0.05) is 29.3 Å². The number of aliphatic imine (C=N–C) groups is 1. The fraction of sp³-hybridized carbons (Fsp3) is 0.294. The van der Waals surface area contributed by atoms with Crippen LogP contribution in [0.15, 0.2) is 41.4 Å². The Kier molecular flexibility index (Phi) is 2.55. The largest absolute Gasteiger partial charge is 0.362 e. The summed E-state index contributed by atoms with van der Waals surface area (Å²) in [6.07, 6.45) is 3.78. The number of methoxy groups -OCH3 is 1. The van der Waals surface area contributed by atoms with E-state index < -0.39 is 5.79 Å². The summed E-state index contributed by atoms with van der Waals surface area (Å²) in [5, 5.41) is 13.0. The highest BCUT2D eigenvalue weighted by Crippen LogP contribution is 2.56. The molecule has 3 atom stereocenters. The van der Waals surface area contributed by atoms with Gasteiger partial charge >= 0.3 is 0 Å². The number of fused-ring (bicyclic) bond motifs is 4. The minimum absolute atomic E-state index is 0.0369. The van der Waals surface area contributed by atoms with Crippen molar-refractivity contribution in [2.45, 2.75) is 17.7 Å². The highest BCUT2D eigenvalue weighted by Gasteiger charge is 2.72. The molecular weight excluding hydrogens is 264 g/mol. The van der Waals surface area contributed by atoms with Crippen LogP contribution in [-0.2, 0) is 4.74 Å². The zero-order valence-corrected chi connectivity index (χ0v) is 12.0. The Morgan fingerprint density at radius 2 is 2.00 bits per heavy atom. The van der Waals surface area contributed by atoms with Gasteiger partial charge in [-0.15, -0.1) is 0 Å². The summed E-state index contributed by atoms with van der Waals surface area (Å²) in [7, 11) is 3.29. The molecule has 2 aromatic carbocycles. The molecule has 106 valence electrons. The van der Waals surface area contributed by atoms with Crippen LogP contribution in [-0.4, -0.2) is 48.2 Å². The number of ether oxygens (including phenoxy) is 1. The van der Waals surface area contributed by atoms with Crippen molar-refractivity contribution in [2.75, 3.05) is 14.2 Å². The molecule has 2 aromatic rings. The summed E-state index contributed by atoms with van der Waals surface area (Å²) in [6.45, 7) is 0. The molecule has 0 spiro atoms. The molecule has 4 nitrogen and oxygen atoms in total. The van der Waals surface area contributed by atoms with E-state index in [-0.39, 0.29) is 12.0 Å². The predicted octanol–water partition coefficient (Wildman–Crippen LogP) is 1.74. The van der Waals surface area contributed by atoms with E-state index in [0.29, 0.717) is 0 Å². The Morgan fingerprint density at radius 3 is 2.67 bits per heavy atom. The Balaban J connectivity index is 1.96. The SMILES string of the molecule is CN=C[N+]1=Cc2cc3ccccc3cc2C2C1C2(O)OC. The third kappa shape index (κ3) is 1.63. The van der Waals surface area contributed by atoms with Gasteiger partial charge in [0, 0.05) is 12.7 Å². The summed E-state index contributed by atoms with van der Waals surface area (Å²) < 4.78 is 7.32. The van der Waals surface area contributed by atoms with Crippen molar-refractivity contribution in [3.63, 3.8) is 0 Å². The maximum Gasteiger partial charge on any atom is 0.280 e. The molecule has 0 aromatic heterocycles. The number of rotatable bonds is 2. The van der Waals surface area contributed by atoms with Crippen molar-refractivity contribution < 1.29 is 14.4 Å². The highest BCUT2D eigenvalue weighted by atomic mass is 16.6. The number of aliphatic hydroxyl groups is 1. The molecule has 4 rings (SSSR count). The van der Waals surface area contributed by atoms with E-state index in [0.717, 1.165) is 11.1 Å². The molecule has 0 amide bonds. The molecule has 1 N–H and O–H groups in total. The normalized spacial score (nSPS) is 30.1. The zero-order valence-electron chi connectivity index (χ0n) is 12.0. The lowest BCUT2D eigenvalue weighted by atomic mass is 9.96. The molecule has 1 heterocycles. The second kappa shape index (κ2) is 4.23. The van der Waals surface area contributed by atoms with Crippen LogP contribution < -0.4 is 0 Å². The van der Waals surface area contributed by atoms with Gasteiger partial charge in [0.15, 0.2) is 6.04 Å². The first-order valence-electron chi connectivity index (χ1n) is 7.04. The van der Waals surface area contributed by atoms with Crippen molar-refractivity contribution in [1.82, 2.24) is 0 Å². The summed E-state index contributed by atoms with van der Waals surface area (Å²) in [5.74, 6) is -1.17. The molecule has 1 aliphatic heterocycles. The predicted molar refractivity (Wildman–Crippen MR) is 82.3 cm³/mol.